The number of aromatic carboxylic acids is 1. The molecule has 0 atom stereocenters. The van der Waals surface area contributed by atoms with Gasteiger partial charge in [0.25, 0.3) is 0 Å². The maximum Gasteiger partial charge on any atom is 0.336 e. The Hall–Kier alpha value is -3.52. The molecular weight excluding hydrogens is 532 g/mol. The molecule has 1 fully saturated rings. The number of nitrogens with zero attached hydrogens (tertiary/aromatic N) is 1. The van der Waals surface area contributed by atoms with Crippen molar-refractivity contribution in [3.63, 3.8) is 0 Å². The first-order chi connectivity index (χ1) is 20.1. The van der Waals surface area contributed by atoms with Crippen LogP contribution in [-0.4, -0.2) is 49.0 Å². The highest BCUT2D eigenvalue weighted by atomic mass is 32.1. The van der Waals surface area contributed by atoms with Crippen LogP contribution in [-0.2, 0) is 4.74 Å². The van der Waals surface area contributed by atoms with Crippen molar-refractivity contribution in [1.82, 2.24) is 10.3 Å². The van der Waals surface area contributed by atoms with E-state index in [1.807, 2.05) is 24.3 Å². The van der Waals surface area contributed by atoms with E-state index < -0.39 is 5.97 Å². The van der Waals surface area contributed by atoms with Gasteiger partial charge in [-0.15, -0.1) is 11.3 Å². The number of benzene rings is 3. The fourth-order valence-electron chi connectivity index (χ4n) is 5.37. The SMILES string of the molecule is O=C(O)c1ccc(-c2ccc(-c3nc4ccc(OCCCCOCC5CCC5)cc4s3)cc2)cc1C1=CCNCC1. The number of nitrogens with one attached hydrogen (secondary N) is 1. The van der Waals surface area contributed by atoms with Crippen molar-refractivity contribution in [1.29, 1.82) is 0 Å². The minimum absolute atomic E-state index is 0.351. The molecule has 1 aromatic heterocycles. The summed E-state index contributed by atoms with van der Waals surface area (Å²) >= 11 is 1.66. The zero-order valence-corrected chi connectivity index (χ0v) is 24.1. The van der Waals surface area contributed by atoms with Crippen LogP contribution in [0.4, 0.5) is 0 Å². The van der Waals surface area contributed by atoms with Crippen LogP contribution in [0.5, 0.6) is 5.75 Å². The smallest absolute Gasteiger partial charge is 0.336 e. The number of hydrogen-bond donors (Lipinski definition) is 2. The second kappa shape index (κ2) is 13.0. The number of fused-ring (bicyclic) bond motifs is 1. The standard InChI is InChI=1S/C34H36N2O4S/c37-34(38)29-12-10-27(20-30(29)25-14-16-35-17-15-25)24-6-8-26(9-7-24)33-36-31-13-11-28(21-32(31)41-33)40-19-2-1-18-39-22-23-4-3-5-23/h6-14,20-21,23,35H,1-5,15-19,22H2,(H,37,38). The van der Waals surface area contributed by atoms with Crippen molar-refractivity contribution in [3.8, 4) is 27.4 Å². The van der Waals surface area contributed by atoms with E-state index in [-0.39, 0.29) is 0 Å². The Morgan fingerprint density at radius 2 is 1.78 bits per heavy atom. The lowest BCUT2D eigenvalue weighted by molar-refractivity contribution is 0.0664. The lowest BCUT2D eigenvalue weighted by Crippen LogP contribution is -2.20. The predicted molar refractivity (Wildman–Crippen MR) is 166 cm³/mol. The quantitative estimate of drug-likeness (QED) is 0.171. The fourth-order valence-corrected chi connectivity index (χ4v) is 6.37. The summed E-state index contributed by atoms with van der Waals surface area (Å²) < 4.78 is 12.9. The molecule has 212 valence electrons. The highest BCUT2D eigenvalue weighted by molar-refractivity contribution is 7.21. The third kappa shape index (κ3) is 6.70. The minimum atomic E-state index is -0.894. The Morgan fingerprint density at radius 3 is 2.54 bits per heavy atom. The topological polar surface area (TPSA) is 80.7 Å². The van der Waals surface area contributed by atoms with Crippen LogP contribution in [0.15, 0.2) is 66.7 Å². The Labute approximate surface area is 245 Å². The van der Waals surface area contributed by atoms with E-state index in [1.165, 1.54) is 19.3 Å². The predicted octanol–water partition coefficient (Wildman–Crippen LogP) is 7.68. The van der Waals surface area contributed by atoms with Gasteiger partial charge in [0, 0.05) is 25.3 Å². The monoisotopic (exact) mass is 568 g/mol. The third-order valence-electron chi connectivity index (χ3n) is 8.01. The minimum Gasteiger partial charge on any atom is -0.494 e. The molecule has 1 aliphatic heterocycles. The summed E-state index contributed by atoms with van der Waals surface area (Å²) in [6, 6.07) is 20.1. The highest BCUT2D eigenvalue weighted by Crippen LogP contribution is 2.35. The van der Waals surface area contributed by atoms with Crippen molar-refractivity contribution in [2.75, 3.05) is 32.9 Å². The van der Waals surface area contributed by atoms with Gasteiger partial charge in [0.1, 0.15) is 10.8 Å². The number of carbonyl (C=O) groups is 1. The normalized spacial score (nSPS) is 15.5. The summed E-state index contributed by atoms with van der Waals surface area (Å²) in [5.74, 6) is 0.783. The largest absolute Gasteiger partial charge is 0.494 e. The Balaban J connectivity index is 1.09. The molecule has 0 bridgehead atoms. The average molecular weight is 569 g/mol. The van der Waals surface area contributed by atoms with E-state index in [0.29, 0.717) is 12.2 Å². The molecule has 1 saturated carbocycles. The van der Waals surface area contributed by atoms with E-state index in [9.17, 15) is 9.90 Å². The van der Waals surface area contributed by atoms with Crippen LogP contribution >= 0.6 is 11.3 Å². The molecule has 41 heavy (non-hydrogen) atoms. The van der Waals surface area contributed by atoms with Gasteiger partial charge in [-0.2, -0.15) is 0 Å². The molecule has 6 rings (SSSR count). The molecule has 0 spiro atoms. The first-order valence-electron chi connectivity index (χ1n) is 14.6. The number of hydrogen-bond acceptors (Lipinski definition) is 6. The van der Waals surface area contributed by atoms with Gasteiger partial charge in [0.2, 0.25) is 0 Å². The summed E-state index contributed by atoms with van der Waals surface area (Å²) in [7, 11) is 0. The van der Waals surface area contributed by atoms with Crippen LogP contribution in [0.3, 0.4) is 0 Å². The zero-order chi connectivity index (χ0) is 28.0. The van der Waals surface area contributed by atoms with Crippen molar-refractivity contribution >= 4 is 33.1 Å². The highest BCUT2D eigenvalue weighted by Gasteiger charge is 2.18. The van der Waals surface area contributed by atoms with Crippen LogP contribution in [0.25, 0.3) is 37.5 Å². The van der Waals surface area contributed by atoms with Crippen LogP contribution in [0, 0.1) is 5.92 Å². The van der Waals surface area contributed by atoms with Crippen molar-refractivity contribution in [2.45, 2.75) is 38.5 Å². The second-order valence-electron chi connectivity index (χ2n) is 10.9. The molecule has 2 aliphatic rings. The summed E-state index contributed by atoms with van der Waals surface area (Å²) in [6.45, 7) is 4.05. The van der Waals surface area contributed by atoms with Gasteiger partial charge in [-0.25, -0.2) is 9.78 Å². The first-order valence-corrected chi connectivity index (χ1v) is 15.4. The van der Waals surface area contributed by atoms with Crippen LogP contribution < -0.4 is 10.1 Å². The van der Waals surface area contributed by atoms with Gasteiger partial charge in [-0.1, -0.05) is 42.8 Å². The van der Waals surface area contributed by atoms with Crippen LogP contribution in [0.1, 0.15) is 54.4 Å². The summed E-state index contributed by atoms with van der Waals surface area (Å²) in [6.07, 6.45) is 8.95. The number of carboxylic acid groups (broad SMARTS) is 1. The number of unbranched alkanes of at least 4 members (excludes halogenated alkanes) is 1. The maximum atomic E-state index is 11.9. The van der Waals surface area contributed by atoms with E-state index in [0.717, 1.165) is 100 Å². The van der Waals surface area contributed by atoms with Gasteiger partial charge in [0.15, 0.2) is 0 Å². The van der Waals surface area contributed by atoms with Crippen LogP contribution in [0.2, 0.25) is 0 Å². The van der Waals surface area contributed by atoms with E-state index in [4.69, 9.17) is 14.5 Å². The molecule has 2 N–H and O–H groups in total. The molecule has 1 aliphatic carbocycles. The van der Waals surface area contributed by atoms with E-state index in [1.54, 1.807) is 17.4 Å². The van der Waals surface area contributed by atoms with Gasteiger partial charge in [-0.05, 0) is 97.2 Å². The number of aromatic nitrogens is 1. The molecule has 6 nitrogen and oxygen atoms in total. The van der Waals surface area contributed by atoms with Crippen molar-refractivity contribution < 1.29 is 19.4 Å². The first kappa shape index (κ1) is 27.6. The van der Waals surface area contributed by atoms with Gasteiger partial charge >= 0.3 is 5.97 Å². The summed E-state index contributed by atoms with van der Waals surface area (Å²) in [5.41, 5.74) is 6.33. The van der Waals surface area contributed by atoms with E-state index in [2.05, 4.69) is 41.7 Å². The molecule has 2 heterocycles. The van der Waals surface area contributed by atoms with Crippen molar-refractivity contribution in [2.24, 2.45) is 5.92 Å². The second-order valence-corrected chi connectivity index (χ2v) is 11.9. The van der Waals surface area contributed by atoms with Gasteiger partial charge in [-0.3, -0.25) is 0 Å². The Kier molecular flexibility index (Phi) is 8.75. The lowest BCUT2D eigenvalue weighted by Gasteiger charge is -2.24. The van der Waals surface area contributed by atoms with Gasteiger partial charge < -0.3 is 19.9 Å². The van der Waals surface area contributed by atoms with Gasteiger partial charge in [0.05, 0.1) is 22.4 Å². The lowest BCUT2D eigenvalue weighted by atomic mass is 9.86. The third-order valence-corrected chi connectivity index (χ3v) is 9.08. The zero-order valence-electron chi connectivity index (χ0n) is 23.2. The number of ether oxygens (including phenoxy) is 2. The maximum absolute atomic E-state index is 11.9. The molecule has 4 aromatic rings. The van der Waals surface area contributed by atoms with Crippen molar-refractivity contribution in [3.05, 3.63) is 77.9 Å². The molecule has 0 saturated heterocycles. The molecular formula is C34H36N2O4S. The Morgan fingerprint density at radius 1 is 0.976 bits per heavy atom. The fraction of sp³-hybridized carbons (Fsp3) is 0.353. The summed E-state index contributed by atoms with van der Waals surface area (Å²) in [5, 5.41) is 14.0. The van der Waals surface area contributed by atoms with E-state index >= 15 is 0 Å². The molecule has 0 radical (unpaired) electrons. The number of thiazole rings is 1. The molecule has 0 amide bonds. The molecule has 7 heteroatoms. The molecule has 3 aromatic carbocycles. The number of rotatable bonds is 12. The molecule has 0 unspecified atom stereocenters. The Bertz CT molecular complexity index is 1540. The number of carboxylic acids is 1. The summed E-state index contributed by atoms with van der Waals surface area (Å²) in [4.78, 5) is 16.7. The average Bonchev–Trinajstić information content (AvgIpc) is 3.41.